The summed E-state index contributed by atoms with van der Waals surface area (Å²) >= 11 is 0. The highest BCUT2D eigenvalue weighted by atomic mass is 31.0. The van der Waals surface area contributed by atoms with Crippen molar-refractivity contribution in [3.8, 4) is 0 Å². The lowest BCUT2D eigenvalue weighted by atomic mass is 10.6. The highest BCUT2D eigenvalue weighted by Gasteiger charge is 2.06. The van der Waals surface area contributed by atoms with Crippen LogP contribution in [0.2, 0.25) is 0 Å². The second-order valence-electron chi connectivity index (χ2n) is 2.17. The first kappa shape index (κ1) is 13.0. The number of rotatable bonds is 6. The standard InChI is InChI=1S/C5H15N3O3P2/c6-8(2-4-11-13)5(9)7-1-3-10-12/h1-4,6,12-13H2,(H,7,9). The maximum atomic E-state index is 11.1. The zero-order valence-corrected chi connectivity index (χ0v) is 9.54. The normalized spacial score (nSPS) is 9.77. The van der Waals surface area contributed by atoms with Gasteiger partial charge in [0.1, 0.15) is 0 Å². The number of nitrogens with two attached hydrogens (primary N) is 1. The molecule has 3 N–H and O–H groups in total. The summed E-state index contributed by atoms with van der Waals surface area (Å²) in [6.07, 6.45) is 0. The van der Waals surface area contributed by atoms with E-state index in [1.54, 1.807) is 0 Å². The van der Waals surface area contributed by atoms with Gasteiger partial charge in [-0.2, -0.15) is 0 Å². The summed E-state index contributed by atoms with van der Waals surface area (Å²) in [5, 5.41) is 3.60. The van der Waals surface area contributed by atoms with E-state index in [0.29, 0.717) is 26.3 Å². The van der Waals surface area contributed by atoms with Crippen LogP contribution in [0.15, 0.2) is 0 Å². The lowest BCUT2D eigenvalue weighted by Gasteiger charge is -2.16. The van der Waals surface area contributed by atoms with Crippen molar-refractivity contribution < 1.29 is 13.8 Å². The van der Waals surface area contributed by atoms with Crippen molar-refractivity contribution >= 4 is 25.0 Å². The van der Waals surface area contributed by atoms with E-state index in [2.05, 4.69) is 33.3 Å². The van der Waals surface area contributed by atoms with Crippen molar-refractivity contribution in [3.05, 3.63) is 0 Å². The van der Waals surface area contributed by atoms with Gasteiger partial charge in [0, 0.05) is 25.5 Å². The molecule has 0 fully saturated rings. The van der Waals surface area contributed by atoms with Crippen LogP contribution in [0.4, 0.5) is 4.79 Å². The van der Waals surface area contributed by atoms with Crippen molar-refractivity contribution in [2.24, 2.45) is 5.84 Å². The zero-order valence-electron chi connectivity index (χ0n) is 7.23. The molecule has 0 aliphatic rings. The molecule has 0 aliphatic heterocycles. The first-order valence-electron chi connectivity index (χ1n) is 3.65. The number of nitrogens with zero attached hydrogens (tertiary/aromatic N) is 1. The molecule has 13 heavy (non-hydrogen) atoms. The molecule has 6 nitrogen and oxygen atoms in total. The molecule has 78 valence electrons. The van der Waals surface area contributed by atoms with Gasteiger partial charge in [0.2, 0.25) is 0 Å². The van der Waals surface area contributed by atoms with E-state index in [1.165, 1.54) is 0 Å². The van der Waals surface area contributed by atoms with Crippen LogP contribution < -0.4 is 11.2 Å². The molecule has 0 aromatic rings. The van der Waals surface area contributed by atoms with Gasteiger partial charge in [-0.15, -0.1) is 0 Å². The molecule has 0 heterocycles. The Labute approximate surface area is 82.0 Å². The molecule has 2 unspecified atom stereocenters. The zero-order chi connectivity index (χ0) is 10.1. The van der Waals surface area contributed by atoms with Gasteiger partial charge >= 0.3 is 6.03 Å². The third-order valence-corrected chi connectivity index (χ3v) is 1.68. The number of amides is 2. The van der Waals surface area contributed by atoms with Crippen molar-refractivity contribution in [3.63, 3.8) is 0 Å². The van der Waals surface area contributed by atoms with Gasteiger partial charge in [-0.1, -0.05) is 0 Å². The Kier molecular flexibility index (Phi) is 8.61. The van der Waals surface area contributed by atoms with Crippen molar-refractivity contribution in [1.29, 1.82) is 0 Å². The SMILES string of the molecule is NN(CCOP)C(=O)NCCOP. The minimum atomic E-state index is -0.343. The Balaban J connectivity index is 3.45. The second-order valence-corrected chi connectivity index (χ2v) is 2.83. The third-order valence-electron chi connectivity index (χ3n) is 1.21. The van der Waals surface area contributed by atoms with E-state index in [9.17, 15) is 4.79 Å². The van der Waals surface area contributed by atoms with Crippen LogP contribution in [0, 0.1) is 0 Å². The molecule has 8 heteroatoms. The minimum Gasteiger partial charge on any atom is -0.364 e. The Morgan fingerprint density at radius 1 is 1.38 bits per heavy atom. The van der Waals surface area contributed by atoms with Gasteiger partial charge < -0.3 is 14.4 Å². The van der Waals surface area contributed by atoms with E-state index in [0.717, 1.165) is 5.01 Å². The summed E-state index contributed by atoms with van der Waals surface area (Å²) in [7, 11) is 4.18. The quantitative estimate of drug-likeness (QED) is 0.210. The number of nitrogens with one attached hydrogen (secondary N) is 1. The molecule has 0 aliphatic carbocycles. The summed E-state index contributed by atoms with van der Waals surface area (Å²) in [5.74, 6) is 5.37. The molecule has 0 rings (SSSR count). The smallest absolute Gasteiger partial charge is 0.331 e. The van der Waals surface area contributed by atoms with Crippen LogP contribution in [0.1, 0.15) is 0 Å². The molecule has 0 spiro atoms. The fourth-order valence-corrected chi connectivity index (χ4v) is 0.794. The highest BCUT2D eigenvalue weighted by molar-refractivity contribution is 7.10. The van der Waals surface area contributed by atoms with Gasteiger partial charge in [-0.05, 0) is 0 Å². The van der Waals surface area contributed by atoms with E-state index >= 15 is 0 Å². The maximum Gasteiger partial charge on any atom is 0.331 e. The van der Waals surface area contributed by atoms with Crippen molar-refractivity contribution in [2.75, 3.05) is 26.3 Å². The maximum absolute atomic E-state index is 11.1. The molecule has 0 aromatic heterocycles. The van der Waals surface area contributed by atoms with E-state index < -0.39 is 0 Å². The summed E-state index contributed by atoms with van der Waals surface area (Å²) in [5.41, 5.74) is 0. The van der Waals surface area contributed by atoms with E-state index in [4.69, 9.17) is 5.84 Å². The number of hydrazine groups is 1. The van der Waals surface area contributed by atoms with Gasteiger partial charge in [0.25, 0.3) is 0 Å². The average Bonchev–Trinajstić information content (AvgIpc) is 2.14. The van der Waals surface area contributed by atoms with E-state index in [-0.39, 0.29) is 6.03 Å². The molecule has 0 aromatic carbocycles. The predicted octanol–water partition coefficient (Wildman–Crippen LogP) is -0.515. The molecule has 0 saturated heterocycles. The van der Waals surface area contributed by atoms with Crippen molar-refractivity contribution in [2.45, 2.75) is 0 Å². The first-order valence-corrected chi connectivity index (χ1v) is 4.60. The van der Waals surface area contributed by atoms with Crippen LogP contribution in [0.5, 0.6) is 0 Å². The predicted molar refractivity (Wildman–Crippen MR) is 55.6 cm³/mol. The van der Waals surface area contributed by atoms with Crippen LogP contribution in [-0.2, 0) is 9.05 Å². The van der Waals surface area contributed by atoms with Gasteiger partial charge in [-0.25, -0.2) is 10.6 Å². The summed E-state index contributed by atoms with van der Waals surface area (Å²) in [6.45, 7) is 1.59. The van der Waals surface area contributed by atoms with Gasteiger partial charge in [-0.3, -0.25) is 5.01 Å². The molecule has 0 bridgehead atoms. The summed E-state index contributed by atoms with van der Waals surface area (Å²) < 4.78 is 9.34. The number of hydrogen-bond donors (Lipinski definition) is 2. The molecule has 2 atom stereocenters. The summed E-state index contributed by atoms with van der Waals surface area (Å²) in [4.78, 5) is 11.1. The number of urea groups is 1. The summed E-state index contributed by atoms with van der Waals surface area (Å²) in [6, 6.07) is -0.343. The number of carbonyl (C=O) groups excluding carboxylic acids is 1. The second kappa shape index (κ2) is 8.60. The Hall–Kier alpha value is 0.01000. The third kappa shape index (κ3) is 7.11. The highest BCUT2D eigenvalue weighted by Crippen LogP contribution is 1.87. The molecule has 2 amide bonds. The molecular formula is C5H15N3O3P2. The molecule has 0 saturated carbocycles. The lowest BCUT2D eigenvalue weighted by molar-refractivity contribution is 0.186. The minimum absolute atomic E-state index is 0.343. The fourth-order valence-electron chi connectivity index (χ4n) is 0.571. The van der Waals surface area contributed by atoms with Crippen LogP contribution in [-0.4, -0.2) is 37.3 Å². The first-order chi connectivity index (χ1) is 6.22. The Bertz CT molecular complexity index is 149. The van der Waals surface area contributed by atoms with E-state index in [1.807, 2.05) is 0 Å². The van der Waals surface area contributed by atoms with Crippen LogP contribution in [0.25, 0.3) is 0 Å². The van der Waals surface area contributed by atoms with Gasteiger partial charge in [0.05, 0.1) is 19.8 Å². The number of carbonyl (C=O) groups is 1. The monoisotopic (exact) mass is 227 g/mol. The molecular weight excluding hydrogens is 212 g/mol. The molecule has 0 radical (unpaired) electrons. The van der Waals surface area contributed by atoms with Gasteiger partial charge in [0.15, 0.2) is 0 Å². The number of hydrogen-bond acceptors (Lipinski definition) is 4. The fraction of sp³-hybridized carbons (Fsp3) is 0.800. The Morgan fingerprint density at radius 2 is 2.00 bits per heavy atom. The lowest BCUT2D eigenvalue weighted by Crippen LogP contribution is -2.46. The van der Waals surface area contributed by atoms with Crippen LogP contribution in [0.3, 0.4) is 0 Å². The largest absolute Gasteiger partial charge is 0.364 e. The van der Waals surface area contributed by atoms with Crippen LogP contribution >= 0.6 is 18.9 Å². The van der Waals surface area contributed by atoms with Crippen molar-refractivity contribution in [1.82, 2.24) is 10.3 Å². The average molecular weight is 227 g/mol. The topological polar surface area (TPSA) is 76.8 Å². The Morgan fingerprint density at radius 3 is 2.54 bits per heavy atom.